The third kappa shape index (κ3) is 3.27. The van der Waals surface area contributed by atoms with Crippen LogP contribution in [0.5, 0.6) is 5.75 Å². The quantitative estimate of drug-likeness (QED) is 0.761. The van der Waals surface area contributed by atoms with Crippen molar-refractivity contribution in [2.24, 2.45) is 0 Å². The van der Waals surface area contributed by atoms with Gasteiger partial charge in [0.2, 0.25) is 10.0 Å². The van der Waals surface area contributed by atoms with Gasteiger partial charge in [-0.25, -0.2) is 8.42 Å². The highest BCUT2D eigenvalue weighted by Gasteiger charge is 2.52. The number of anilines is 1. The molecule has 0 aromatic heterocycles. The molecule has 0 atom stereocenters. The van der Waals surface area contributed by atoms with E-state index in [2.05, 4.69) is 0 Å². The average Bonchev–Trinajstić information content (AvgIpc) is 2.74. The Morgan fingerprint density at radius 1 is 1.16 bits per heavy atom. The Kier molecular flexibility index (Phi) is 4.58. The van der Waals surface area contributed by atoms with Gasteiger partial charge in [0, 0.05) is 0 Å². The minimum absolute atomic E-state index is 0.118. The van der Waals surface area contributed by atoms with E-state index in [9.17, 15) is 8.42 Å². The van der Waals surface area contributed by atoms with Crippen molar-refractivity contribution < 1.29 is 22.5 Å². The molecule has 0 N–H and O–H groups in total. The van der Waals surface area contributed by atoms with Crippen molar-refractivity contribution >= 4 is 28.3 Å². The minimum atomic E-state index is -3.36. The van der Waals surface area contributed by atoms with Gasteiger partial charge >= 0.3 is 7.12 Å². The molecule has 0 bridgehead atoms. The van der Waals surface area contributed by atoms with Gasteiger partial charge in [-0.15, -0.1) is 0 Å². The number of sulfonamides is 1. The molecule has 0 unspecified atom stereocenters. The molecule has 0 aliphatic carbocycles. The van der Waals surface area contributed by atoms with Crippen molar-refractivity contribution in [1.29, 1.82) is 0 Å². The van der Waals surface area contributed by atoms with E-state index in [0.717, 1.165) is 5.46 Å². The van der Waals surface area contributed by atoms with Gasteiger partial charge in [-0.2, -0.15) is 0 Å². The van der Waals surface area contributed by atoms with Crippen LogP contribution in [0.1, 0.15) is 41.0 Å². The Balaban J connectivity index is 1.96. The molecule has 1 aromatic rings. The number of ether oxygens (including phenoxy) is 1. The van der Waals surface area contributed by atoms with Crippen molar-refractivity contribution in [3.63, 3.8) is 0 Å². The molecule has 2 aliphatic rings. The highest BCUT2D eigenvalue weighted by atomic mass is 32.2. The average molecular weight is 367 g/mol. The molecule has 6 nitrogen and oxygen atoms in total. The van der Waals surface area contributed by atoms with E-state index in [1.807, 2.05) is 46.8 Å². The van der Waals surface area contributed by atoms with E-state index < -0.39 is 28.3 Å². The van der Waals surface area contributed by atoms with Crippen LogP contribution in [-0.4, -0.2) is 45.6 Å². The van der Waals surface area contributed by atoms with Gasteiger partial charge in [-0.05, 0) is 51.7 Å². The fourth-order valence-corrected chi connectivity index (χ4v) is 4.52. The lowest BCUT2D eigenvalue weighted by Gasteiger charge is -2.32. The highest BCUT2D eigenvalue weighted by Crippen LogP contribution is 2.38. The highest BCUT2D eigenvalue weighted by molar-refractivity contribution is 7.92. The first-order chi connectivity index (χ1) is 11.6. The summed E-state index contributed by atoms with van der Waals surface area (Å²) in [7, 11) is -3.90. The van der Waals surface area contributed by atoms with Crippen LogP contribution in [0.15, 0.2) is 18.2 Å². The van der Waals surface area contributed by atoms with Gasteiger partial charge in [0.05, 0.1) is 29.2 Å². The van der Waals surface area contributed by atoms with Crippen molar-refractivity contribution in [1.82, 2.24) is 0 Å². The number of fused-ring (bicyclic) bond motifs is 1. The molecule has 0 amide bonds. The standard InChI is InChI=1S/C17H26BNO5S/c1-6-11-25(20,21)19-9-10-22-15-8-7-13(12-14(15)19)18-23-16(2,3)17(4,5)24-18/h7-8,12H,6,9-11H2,1-5H3. The fourth-order valence-electron chi connectivity index (χ4n) is 2.99. The van der Waals surface area contributed by atoms with Crippen LogP contribution in [0, 0.1) is 0 Å². The van der Waals surface area contributed by atoms with Crippen molar-refractivity contribution in [2.45, 2.75) is 52.2 Å². The number of benzene rings is 1. The maximum absolute atomic E-state index is 12.6. The molecule has 1 aromatic carbocycles. The first kappa shape index (κ1) is 18.5. The Labute approximate surface area is 150 Å². The Hall–Kier alpha value is -1.25. The second-order valence-corrected chi connectivity index (χ2v) is 9.56. The summed E-state index contributed by atoms with van der Waals surface area (Å²) in [5, 5.41) is 0. The Bertz CT molecular complexity index is 746. The second-order valence-electron chi connectivity index (χ2n) is 7.55. The first-order valence-electron chi connectivity index (χ1n) is 8.70. The number of nitrogens with zero attached hydrogens (tertiary/aromatic N) is 1. The Morgan fingerprint density at radius 3 is 2.40 bits per heavy atom. The van der Waals surface area contributed by atoms with Crippen LogP contribution in [-0.2, 0) is 19.3 Å². The molecular weight excluding hydrogens is 341 g/mol. The van der Waals surface area contributed by atoms with Crippen molar-refractivity contribution in [2.75, 3.05) is 23.2 Å². The van der Waals surface area contributed by atoms with Crippen molar-refractivity contribution in [3.05, 3.63) is 18.2 Å². The van der Waals surface area contributed by atoms with Crippen LogP contribution in [0.25, 0.3) is 0 Å². The molecule has 8 heteroatoms. The van der Waals surface area contributed by atoms with Gasteiger partial charge in [0.15, 0.2) is 0 Å². The van der Waals surface area contributed by atoms with Crippen LogP contribution >= 0.6 is 0 Å². The molecule has 1 saturated heterocycles. The SMILES string of the molecule is CCCS(=O)(=O)N1CCOc2ccc(B3OC(C)(C)C(C)(C)O3)cc21. The molecule has 2 aliphatic heterocycles. The van der Waals surface area contributed by atoms with Crippen LogP contribution in [0.2, 0.25) is 0 Å². The van der Waals surface area contributed by atoms with E-state index in [-0.39, 0.29) is 5.75 Å². The zero-order valence-electron chi connectivity index (χ0n) is 15.5. The van der Waals surface area contributed by atoms with Gasteiger partial charge in [0.25, 0.3) is 0 Å². The second kappa shape index (κ2) is 6.18. The predicted molar refractivity (Wildman–Crippen MR) is 99.1 cm³/mol. The smallest absolute Gasteiger partial charge is 0.489 e. The van der Waals surface area contributed by atoms with E-state index >= 15 is 0 Å². The van der Waals surface area contributed by atoms with E-state index in [4.69, 9.17) is 14.0 Å². The van der Waals surface area contributed by atoms with Gasteiger partial charge in [0.1, 0.15) is 12.4 Å². The molecule has 0 radical (unpaired) electrons. The molecule has 1 fully saturated rings. The van der Waals surface area contributed by atoms with E-state index in [1.165, 1.54) is 4.31 Å². The molecular formula is C17H26BNO5S. The van der Waals surface area contributed by atoms with Crippen LogP contribution < -0.4 is 14.5 Å². The fraction of sp³-hybridized carbons (Fsp3) is 0.647. The van der Waals surface area contributed by atoms with E-state index in [1.54, 1.807) is 6.07 Å². The predicted octanol–water partition coefficient (Wildman–Crippen LogP) is 1.92. The maximum atomic E-state index is 12.6. The first-order valence-corrected chi connectivity index (χ1v) is 10.3. The number of rotatable bonds is 4. The largest absolute Gasteiger partial charge is 0.494 e. The van der Waals surface area contributed by atoms with Crippen LogP contribution in [0.4, 0.5) is 5.69 Å². The third-order valence-electron chi connectivity index (χ3n) is 5.13. The molecule has 138 valence electrons. The summed E-state index contributed by atoms with van der Waals surface area (Å²) in [6.45, 7) is 10.5. The van der Waals surface area contributed by atoms with Gasteiger partial charge in [-0.1, -0.05) is 13.0 Å². The topological polar surface area (TPSA) is 65.1 Å². The normalized spacial score (nSPS) is 21.8. The third-order valence-corrected chi connectivity index (χ3v) is 7.10. The Morgan fingerprint density at radius 2 is 1.80 bits per heavy atom. The molecule has 0 spiro atoms. The maximum Gasteiger partial charge on any atom is 0.494 e. The number of hydrogen-bond acceptors (Lipinski definition) is 5. The monoisotopic (exact) mass is 367 g/mol. The summed E-state index contributed by atoms with van der Waals surface area (Å²) in [5.41, 5.74) is 0.460. The summed E-state index contributed by atoms with van der Waals surface area (Å²) in [6, 6.07) is 5.48. The zero-order valence-corrected chi connectivity index (χ0v) is 16.4. The number of hydrogen-bond donors (Lipinski definition) is 0. The lowest BCUT2D eigenvalue weighted by Crippen LogP contribution is -2.41. The summed E-state index contributed by atoms with van der Waals surface area (Å²) in [4.78, 5) is 0. The van der Waals surface area contributed by atoms with Gasteiger partial charge < -0.3 is 14.0 Å². The van der Waals surface area contributed by atoms with Gasteiger partial charge in [-0.3, -0.25) is 4.31 Å². The van der Waals surface area contributed by atoms with Crippen LogP contribution in [0.3, 0.4) is 0 Å². The summed E-state index contributed by atoms with van der Waals surface area (Å²) in [6.07, 6.45) is 0.575. The zero-order chi connectivity index (χ0) is 18.5. The summed E-state index contributed by atoms with van der Waals surface area (Å²) >= 11 is 0. The lowest BCUT2D eigenvalue weighted by molar-refractivity contribution is 0.00578. The summed E-state index contributed by atoms with van der Waals surface area (Å²) in [5.74, 6) is 0.693. The van der Waals surface area contributed by atoms with Crippen molar-refractivity contribution in [3.8, 4) is 5.75 Å². The van der Waals surface area contributed by atoms with E-state index in [0.29, 0.717) is 31.0 Å². The summed E-state index contributed by atoms with van der Waals surface area (Å²) < 4.78 is 44.4. The lowest BCUT2D eigenvalue weighted by atomic mass is 9.79. The molecule has 0 saturated carbocycles. The minimum Gasteiger partial charge on any atom is -0.489 e. The molecule has 3 rings (SSSR count). The molecule has 2 heterocycles. The molecule has 25 heavy (non-hydrogen) atoms.